The number of hydrogen-bond donors (Lipinski definition) is 0. The van der Waals surface area contributed by atoms with Crippen molar-refractivity contribution < 1.29 is 4.79 Å². The minimum Gasteiger partial charge on any atom is -0.211 e. The van der Waals surface area contributed by atoms with Crippen LogP contribution >= 0.6 is 0 Å². The van der Waals surface area contributed by atoms with Crippen LogP contribution in [-0.4, -0.2) is 12.6 Å². The minimum absolute atomic E-state index is 0.534. The number of benzene rings is 1. The Labute approximate surface area is 71.9 Å². The van der Waals surface area contributed by atoms with Crippen molar-refractivity contribution in [1.29, 1.82) is 0 Å². The van der Waals surface area contributed by atoms with Gasteiger partial charge in [-0.05, 0) is 18.9 Å². The number of aliphatic imine (C=N–C) groups is 1. The fraction of sp³-hybridized carbons (Fsp3) is 0.300. The first-order chi connectivity index (χ1) is 5.83. The molecule has 0 fully saturated rings. The van der Waals surface area contributed by atoms with E-state index in [9.17, 15) is 4.79 Å². The van der Waals surface area contributed by atoms with Gasteiger partial charge in [0.25, 0.3) is 0 Å². The zero-order valence-electron chi connectivity index (χ0n) is 7.08. The van der Waals surface area contributed by atoms with E-state index in [-0.39, 0.29) is 0 Å². The standard InChI is InChI=1S/C10H11NO/c1-9-2-4-10(5-3-9)6-7-11-8-12/h2-5H,6-7H2,1H3. The van der Waals surface area contributed by atoms with Crippen LogP contribution in [0, 0.1) is 6.92 Å². The lowest BCUT2D eigenvalue weighted by atomic mass is 10.1. The van der Waals surface area contributed by atoms with Gasteiger partial charge in [-0.1, -0.05) is 29.8 Å². The van der Waals surface area contributed by atoms with Crippen molar-refractivity contribution in [1.82, 2.24) is 0 Å². The van der Waals surface area contributed by atoms with Gasteiger partial charge in [-0.2, -0.15) is 0 Å². The second-order valence-corrected chi connectivity index (χ2v) is 2.71. The van der Waals surface area contributed by atoms with Crippen LogP contribution in [0.5, 0.6) is 0 Å². The van der Waals surface area contributed by atoms with Crippen molar-refractivity contribution in [2.45, 2.75) is 13.3 Å². The molecule has 0 saturated heterocycles. The van der Waals surface area contributed by atoms with Gasteiger partial charge in [-0.15, -0.1) is 0 Å². The minimum atomic E-state index is 0.534. The predicted molar refractivity (Wildman–Crippen MR) is 47.9 cm³/mol. The monoisotopic (exact) mass is 161 g/mol. The smallest absolute Gasteiger partial charge is 0.211 e. The first-order valence-electron chi connectivity index (χ1n) is 3.92. The molecule has 12 heavy (non-hydrogen) atoms. The molecule has 1 rings (SSSR count). The van der Waals surface area contributed by atoms with Crippen LogP contribution in [-0.2, 0) is 11.2 Å². The summed E-state index contributed by atoms with van der Waals surface area (Å²) in [6.45, 7) is 2.58. The molecule has 0 amide bonds. The summed E-state index contributed by atoms with van der Waals surface area (Å²) in [7, 11) is 0. The lowest BCUT2D eigenvalue weighted by Crippen LogP contribution is -1.88. The van der Waals surface area contributed by atoms with Gasteiger partial charge in [0.2, 0.25) is 6.08 Å². The van der Waals surface area contributed by atoms with Crippen molar-refractivity contribution in [2.75, 3.05) is 6.54 Å². The van der Waals surface area contributed by atoms with Gasteiger partial charge < -0.3 is 0 Å². The molecule has 0 N–H and O–H groups in total. The van der Waals surface area contributed by atoms with Gasteiger partial charge in [0.05, 0.1) is 6.54 Å². The van der Waals surface area contributed by atoms with Crippen molar-refractivity contribution in [3.63, 3.8) is 0 Å². The summed E-state index contributed by atoms with van der Waals surface area (Å²) < 4.78 is 0. The van der Waals surface area contributed by atoms with Crippen LogP contribution in [0.15, 0.2) is 29.3 Å². The van der Waals surface area contributed by atoms with Crippen LogP contribution < -0.4 is 0 Å². The highest BCUT2D eigenvalue weighted by atomic mass is 16.1. The van der Waals surface area contributed by atoms with Gasteiger partial charge >= 0.3 is 0 Å². The molecule has 2 heteroatoms. The third-order valence-electron chi connectivity index (χ3n) is 1.70. The third-order valence-corrected chi connectivity index (χ3v) is 1.70. The Bertz CT molecular complexity index is 283. The molecular weight excluding hydrogens is 150 g/mol. The van der Waals surface area contributed by atoms with Crippen LogP contribution in [0.1, 0.15) is 11.1 Å². The highest BCUT2D eigenvalue weighted by Gasteiger charge is 1.90. The van der Waals surface area contributed by atoms with E-state index >= 15 is 0 Å². The Morgan fingerprint density at radius 3 is 2.58 bits per heavy atom. The van der Waals surface area contributed by atoms with Gasteiger partial charge in [0, 0.05) is 0 Å². The molecule has 0 unspecified atom stereocenters. The number of rotatable bonds is 3. The maximum atomic E-state index is 9.76. The molecule has 0 radical (unpaired) electrons. The summed E-state index contributed by atoms with van der Waals surface area (Å²) in [5.41, 5.74) is 2.46. The Morgan fingerprint density at radius 2 is 2.00 bits per heavy atom. The van der Waals surface area contributed by atoms with Gasteiger partial charge in [0.15, 0.2) is 0 Å². The second-order valence-electron chi connectivity index (χ2n) is 2.71. The lowest BCUT2D eigenvalue weighted by molar-refractivity contribution is 0.563. The first kappa shape index (κ1) is 8.69. The molecule has 0 saturated carbocycles. The van der Waals surface area contributed by atoms with E-state index in [0.29, 0.717) is 6.54 Å². The average molecular weight is 161 g/mol. The molecule has 0 aromatic heterocycles. The topological polar surface area (TPSA) is 29.4 Å². The summed E-state index contributed by atoms with van der Waals surface area (Å²) in [4.78, 5) is 13.2. The Morgan fingerprint density at radius 1 is 1.33 bits per heavy atom. The number of aryl methyl sites for hydroxylation is 1. The van der Waals surface area contributed by atoms with Crippen LogP contribution in [0.2, 0.25) is 0 Å². The Hall–Kier alpha value is -1.40. The average Bonchev–Trinajstić information content (AvgIpc) is 2.09. The molecule has 2 nitrogen and oxygen atoms in total. The fourth-order valence-electron chi connectivity index (χ4n) is 0.985. The fourth-order valence-corrected chi connectivity index (χ4v) is 0.985. The molecule has 0 aliphatic heterocycles. The summed E-state index contributed by atoms with van der Waals surface area (Å²) in [5.74, 6) is 0. The largest absolute Gasteiger partial charge is 0.234 e. The third kappa shape index (κ3) is 2.69. The van der Waals surface area contributed by atoms with E-state index in [2.05, 4.69) is 29.3 Å². The predicted octanol–water partition coefficient (Wildman–Crippen LogP) is 1.87. The number of carbonyl (C=O) groups excluding carboxylic acids is 1. The number of nitrogens with zero attached hydrogens (tertiary/aromatic N) is 1. The van der Waals surface area contributed by atoms with E-state index in [1.165, 1.54) is 17.2 Å². The van der Waals surface area contributed by atoms with E-state index in [0.717, 1.165) is 6.42 Å². The zero-order chi connectivity index (χ0) is 8.81. The zero-order valence-corrected chi connectivity index (χ0v) is 7.08. The SMILES string of the molecule is Cc1ccc(CCN=C=O)cc1. The molecular formula is C10H11NO. The highest BCUT2D eigenvalue weighted by Crippen LogP contribution is 2.03. The van der Waals surface area contributed by atoms with Gasteiger partial charge in [0.1, 0.15) is 0 Å². The number of hydrogen-bond acceptors (Lipinski definition) is 2. The van der Waals surface area contributed by atoms with Crippen LogP contribution in [0.3, 0.4) is 0 Å². The van der Waals surface area contributed by atoms with Gasteiger partial charge in [-0.25, -0.2) is 9.79 Å². The van der Waals surface area contributed by atoms with E-state index in [4.69, 9.17) is 0 Å². The van der Waals surface area contributed by atoms with E-state index < -0.39 is 0 Å². The second kappa shape index (κ2) is 4.47. The maximum Gasteiger partial charge on any atom is 0.234 e. The molecule has 0 spiro atoms. The highest BCUT2D eigenvalue weighted by molar-refractivity contribution is 5.33. The Balaban J connectivity index is 2.53. The summed E-state index contributed by atoms with van der Waals surface area (Å²) >= 11 is 0. The summed E-state index contributed by atoms with van der Waals surface area (Å²) in [6.07, 6.45) is 2.34. The molecule has 62 valence electrons. The quantitative estimate of drug-likeness (QED) is 0.491. The summed E-state index contributed by atoms with van der Waals surface area (Å²) in [5, 5.41) is 0. The van der Waals surface area contributed by atoms with Crippen molar-refractivity contribution in [3.8, 4) is 0 Å². The molecule has 0 aliphatic rings. The Kier molecular flexibility index (Phi) is 3.24. The molecule has 0 bridgehead atoms. The maximum absolute atomic E-state index is 9.76. The first-order valence-corrected chi connectivity index (χ1v) is 3.92. The summed E-state index contributed by atoms with van der Waals surface area (Å²) in [6, 6.07) is 8.21. The normalized spacial score (nSPS) is 9.08. The van der Waals surface area contributed by atoms with Crippen molar-refractivity contribution in [2.24, 2.45) is 4.99 Å². The van der Waals surface area contributed by atoms with Crippen molar-refractivity contribution >= 4 is 6.08 Å². The molecule has 0 heterocycles. The molecule has 0 atom stereocenters. The molecule has 1 aromatic carbocycles. The van der Waals surface area contributed by atoms with E-state index in [1.54, 1.807) is 0 Å². The number of isocyanates is 1. The van der Waals surface area contributed by atoms with E-state index in [1.807, 2.05) is 6.92 Å². The van der Waals surface area contributed by atoms with Gasteiger partial charge in [-0.3, -0.25) is 0 Å². The molecule has 1 aromatic rings. The van der Waals surface area contributed by atoms with Crippen LogP contribution in [0.4, 0.5) is 0 Å². The lowest BCUT2D eigenvalue weighted by Gasteiger charge is -1.97. The van der Waals surface area contributed by atoms with Crippen molar-refractivity contribution in [3.05, 3.63) is 35.4 Å². The van der Waals surface area contributed by atoms with Crippen LogP contribution in [0.25, 0.3) is 0 Å². The molecule has 0 aliphatic carbocycles.